The lowest BCUT2D eigenvalue weighted by Gasteiger charge is -2.07. The molecule has 1 aromatic rings. The monoisotopic (exact) mass is 263 g/mol. The van der Waals surface area contributed by atoms with Crippen molar-refractivity contribution < 1.29 is 14.2 Å². The first-order chi connectivity index (χ1) is 9.36. The van der Waals surface area contributed by atoms with Gasteiger partial charge in [0.25, 0.3) is 0 Å². The standard InChI is InChI=1S/C15H21NO3/c1-17-11-12-18-9-4-10-19-15-7-2-5-14(13-15)6-3-8-16/h2,5,7,13H,4,8-12,16H2,1H3. The Bertz CT molecular complexity index is 409. The lowest BCUT2D eigenvalue weighted by atomic mass is 10.2. The first-order valence-electron chi connectivity index (χ1n) is 6.35. The smallest absolute Gasteiger partial charge is 0.120 e. The minimum Gasteiger partial charge on any atom is -0.493 e. The van der Waals surface area contributed by atoms with E-state index in [9.17, 15) is 0 Å². The van der Waals surface area contributed by atoms with Crippen molar-refractivity contribution in [3.05, 3.63) is 29.8 Å². The fraction of sp³-hybridized carbons (Fsp3) is 0.467. The van der Waals surface area contributed by atoms with Gasteiger partial charge in [0.15, 0.2) is 0 Å². The molecule has 0 aromatic heterocycles. The van der Waals surface area contributed by atoms with Crippen molar-refractivity contribution in [1.82, 2.24) is 0 Å². The summed E-state index contributed by atoms with van der Waals surface area (Å²) in [6, 6.07) is 7.68. The molecule has 0 spiro atoms. The summed E-state index contributed by atoms with van der Waals surface area (Å²) in [7, 11) is 1.66. The van der Waals surface area contributed by atoms with Crippen LogP contribution in [0.4, 0.5) is 0 Å². The Balaban J connectivity index is 2.22. The third kappa shape index (κ3) is 7.47. The van der Waals surface area contributed by atoms with Crippen molar-refractivity contribution in [3.63, 3.8) is 0 Å². The summed E-state index contributed by atoms with van der Waals surface area (Å²) in [4.78, 5) is 0. The van der Waals surface area contributed by atoms with Crippen molar-refractivity contribution in [1.29, 1.82) is 0 Å². The number of benzene rings is 1. The molecule has 2 N–H and O–H groups in total. The van der Waals surface area contributed by atoms with Gasteiger partial charge in [-0.2, -0.15) is 0 Å². The molecule has 0 saturated carbocycles. The van der Waals surface area contributed by atoms with Crippen LogP contribution in [0.5, 0.6) is 5.75 Å². The summed E-state index contributed by atoms with van der Waals surface area (Å²) in [5, 5.41) is 0. The molecule has 19 heavy (non-hydrogen) atoms. The third-order valence-electron chi connectivity index (χ3n) is 2.30. The molecule has 0 saturated heterocycles. The van der Waals surface area contributed by atoms with E-state index in [2.05, 4.69) is 11.8 Å². The summed E-state index contributed by atoms with van der Waals surface area (Å²) in [5.74, 6) is 6.61. The van der Waals surface area contributed by atoms with Gasteiger partial charge >= 0.3 is 0 Å². The van der Waals surface area contributed by atoms with Gasteiger partial charge in [-0.1, -0.05) is 17.9 Å². The summed E-state index contributed by atoms with van der Waals surface area (Å²) >= 11 is 0. The molecule has 0 amide bonds. The fourth-order valence-electron chi connectivity index (χ4n) is 1.41. The molecule has 1 aromatic carbocycles. The molecule has 0 aliphatic carbocycles. The number of hydrogen-bond donors (Lipinski definition) is 1. The van der Waals surface area contributed by atoms with Crippen LogP contribution in [0.1, 0.15) is 12.0 Å². The Morgan fingerprint density at radius 1 is 1.16 bits per heavy atom. The largest absolute Gasteiger partial charge is 0.493 e. The quantitative estimate of drug-likeness (QED) is 0.569. The van der Waals surface area contributed by atoms with Gasteiger partial charge in [-0.25, -0.2) is 0 Å². The molecule has 4 nitrogen and oxygen atoms in total. The van der Waals surface area contributed by atoms with E-state index >= 15 is 0 Å². The minimum atomic E-state index is 0.365. The topological polar surface area (TPSA) is 53.7 Å². The maximum Gasteiger partial charge on any atom is 0.120 e. The van der Waals surface area contributed by atoms with Gasteiger partial charge in [0.2, 0.25) is 0 Å². The van der Waals surface area contributed by atoms with Crippen LogP contribution >= 0.6 is 0 Å². The molecular formula is C15H21NO3. The van der Waals surface area contributed by atoms with Crippen LogP contribution in [0.3, 0.4) is 0 Å². The normalized spacial score (nSPS) is 9.79. The average Bonchev–Trinajstić information content (AvgIpc) is 2.44. The van der Waals surface area contributed by atoms with E-state index in [1.807, 2.05) is 24.3 Å². The minimum absolute atomic E-state index is 0.365. The van der Waals surface area contributed by atoms with Gasteiger partial charge in [-0.3, -0.25) is 0 Å². The lowest BCUT2D eigenvalue weighted by Crippen LogP contribution is -2.06. The van der Waals surface area contributed by atoms with Gasteiger partial charge in [0.05, 0.1) is 26.4 Å². The van der Waals surface area contributed by atoms with E-state index < -0.39 is 0 Å². The molecule has 0 fully saturated rings. The SMILES string of the molecule is COCCOCCCOc1cccc(C#CCN)c1. The molecule has 1 rings (SSSR count). The highest BCUT2D eigenvalue weighted by Gasteiger charge is 1.95. The van der Waals surface area contributed by atoms with Gasteiger partial charge in [-0.05, 0) is 18.2 Å². The van der Waals surface area contributed by atoms with Gasteiger partial charge < -0.3 is 19.9 Å². The highest BCUT2D eigenvalue weighted by atomic mass is 16.5. The number of rotatable bonds is 8. The Morgan fingerprint density at radius 3 is 2.84 bits per heavy atom. The van der Waals surface area contributed by atoms with Gasteiger partial charge in [0, 0.05) is 25.7 Å². The highest BCUT2D eigenvalue weighted by molar-refractivity contribution is 5.39. The Morgan fingerprint density at radius 2 is 2.05 bits per heavy atom. The highest BCUT2D eigenvalue weighted by Crippen LogP contribution is 2.12. The number of ether oxygens (including phenoxy) is 3. The first kappa shape index (κ1) is 15.5. The molecule has 0 bridgehead atoms. The van der Waals surface area contributed by atoms with E-state index in [1.165, 1.54) is 0 Å². The second-order valence-corrected chi connectivity index (χ2v) is 3.84. The zero-order valence-electron chi connectivity index (χ0n) is 11.4. The molecule has 0 aliphatic heterocycles. The molecule has 4 heteroatoms. The molecule has 0 heterocycles. The van der Waals surface area contributed by atoms with Crippen LogP contribution in [0.25, 0.3) is 0 Å². The zero-order valence-corrected chi connectivity index (χ0v) is 11.4. The van der Waals surface area contributed by atoms with E-state index in [-0.39, 0.29) is 0 Å². The summed E-state index contributed by atoms with van der Waals surface area (Å²) in [6.07, 6.45) is 0.850. The summed E-state index contributed by atoms with van der Waals surface area (Å²) < 4.78 is 15.9. The number of nitrogens with two attached hydrogens (primary N) is 1. The van der Waals surface area contributed by atoms with Crippen molar-refractivity contribution in [2.45, 2.75) is 6.42 Å². The molecule has 104 valence electrons. The van der Waals surface area contributed by atoms with Crippen LogP contribution in [-0.2, 0) is 9.47 Å². The Labute approximate surface area is 114 Å². The maximum atomic E-state index is 5.62. The van der Waals surface area contributed by atoms with Crippen molar-refractivity contribution >= 4 is 0 Å². The van der Waals surface area contributed by atoms with E-state index in [1.54, 1.807) is 7.11 Å². The van der Waals surface area contributed by atoms with E-state index in [0.717, 1.165) is 17.7 Å². The Hall–Kier alpha value is -1.54. The van der Waals surface area contributed by atoms with Crippen molar-refractivity contribution in [2.75, 3.05) is 40.1 Å². The lowest BCUT2D eigenvalue weighted by molar-refractivity contribution is 0.0644. The maximum absolute atomic E-state index is 5.62. The van der Waals surface area contributed by atoms with Gasteiger partial charge in [0.1, 0.15) is 5.75 Å². The number of hydrogen-bond acceptors (Lipinski definition) is 4. The van der Waals surface area contributed by atoms with Crippen LogP contribution < -0.4 is 10.5 Å². The van der Waals surface area contributed by atoms with Crippen LogP contribution in [-0.4, -0.2) is 40.1 Å². The van der Waals surface area contributed by atoms with Crippen LogP contribution in [0, 0.1) is 11.8 Å². The predicted molar refractivity (Wildman–Crippen MR) is 75.2 cm³/mol. The summed E-state index contributed by atoms with van der Waals surface area (Å²) in [6.45, 7) is 2.92. The predicted octanol–water partition coefficient (Wildman–Crippen LogP) is 1.43. The molecule has 0 unspecified atom stereocenters. The summed E-state index contributed by atoms with van der Waals surface area (Å²) in [5.41, 5.74) is 6.25. The second-order valence-electron chi connectivity index (χ2n) is 3.84. The van der Waals surface area contributed by atoms with E-state index in [4.69, 9.17) is 19.9 Å². The first-order valence-corrected chi connectivity index (χ1v) is 6.35. The Kier molecular flexibility index (Phi) is 8.48. The molecular weight excluding hydrogens is 242 g/mol. The third-order valence-corrected chi connectivity index (χ3v) is 2.30. The average molecular weight is 263 g/mol. The van der Waals surface area contributed by atoms with Crippen LogP contribution in [0.15, 0.2) is 24.3 Å². The number of methoxy groups -OCH3 is 1. The van der Waals surface area contributed by atoms with E-state index in [0.29, 0.717) is 33.0 Å². The van der Waals surface area contributed by atoms with Gasteiger partial charge in [-0.15, -0.1) is 0 Å². The molecule has 0 radical (unpaired) electrons. The van der Waals surface area contributed by atoms with Crippen molar-refractivity contribution in [2.24, 2.45) is 5.73 Å². The molecule has 0 atom stereocenters. The fourth-order valence-corrected chi connectivity index (χ4v) is 1.41. The zero-order chi connectivity index (χ0) is 13.8. The second kappa shape index (κ2) is 10.4. The molecule has 0 aliphatic rings. The van der Waals surface area contributed by atoms with Crippen molar-refractivity contribution in [3.8, 4) is 17.6 Å². The van der Waals surface area contributed by atoms with Crippen LogP contribution in [0.2, 0.25) is 0 Å².